The van der Waals surface area contributed by atoms with Gasteiger partial charge >= 0.3 is 0 Å². The zero-order valence-electron chi connectivity index (χ0n) is 14.1. The Kier molecular flexibility index (Phi) is 9.20. The molecule has 1 rings (SSSR count). The minimum atomic E-state index is -3.39. The predicted molar refractivity (Wildman–Crippen MR) is 97.6 cm³/mol. The van der Waals surface area contributed by atoms with Crippen LogP contribution in [0.15, 0.2) is 26.7 Å². The number of unbranched alkanes of at least 4 members (excludes halogenated alkanes) is 2. The predicted octanol–water partition coefficient (Wildman–Crippen LogP) is 2.16. The van der Waals surface area contributed by atoms with Crippen molar-refractivity contribution in [1.82, 2.24) is 15.4 Å². The summed E-state index contributed by atoms with van der Waals surface area (Å²) in [6, 6.07) is 3.66. The van der Waals surface area contributed by atoms with Gasteiger partial charge in [0.25, 0.3) is 0 Å². The van der Waals surface area contributed by atoms with E-state index in [1.165, 1.54) is 30.6 Å². The fraction of sp³-hybridized carbons (Fsp3) is 0.667. The van der Waals surface area contributed by atoms with Crippen LogP contribution in [0.25, 0.3) is 0 Å². The molecule has 1 aromatic rings. The molecule has 0 spiro atoms. The topological polar surface area (TPSA) is 82.6 Å². The van der Waals surface area contributed by atoms with E-state index in [0.717, 1.165) is 6.42 Å². The lowest BCUT2D eigenvalue weighted by Gasteiger charge is -2.18. The molecule has 6 nitrogen and oxygen atoms in total. The molecule has 0 aliphatic carbocycles. The molecule has 0 amide bonds. The summed E-state index contributed by atoms with van der Waals surface area (Å²) in [5.74, 6) is 0.698. The summed E-state index contributed by atoms with van der Waals surface area (Å²) in [5.41, 5.74) is 0. The highest BCUT2D eigenvalue weighted by molar-refractivity contribution is 7.91. The van der Waals surface area contributed by atoms with Crippen molar-refractivity contribution in [1.29, 1.82) is 0 Å². The van der Waals surface area contributed by atoms with Gasteiger partial charge < -0.3 is 10.6 Å². The van der Waals surface area contributed by atoms with Crippen LogP contribution in [0.2, 0.25) is 0 Å². The van der Waals surface area contributed by atoms with Gasteiger partial charge in [-0.25, -0.2) is 13.1 Å². The van der Waals surface area contributed by atoms with Crippen molar-refractivity contribution in [2.24, 2.45) is 4.99 Å². The molecule has 3 N–H and O–H groups in total. The number of sulfonamides is 1. The molecule has 0 aliphatic heterocycles. The zero-order valence-corrected chi connectivity index (χ0v) is 15.8. The largest absolute Gasteiger partial charge is 0.355 e. The van der Waals surface area contributed by atoms with Crippen molar-refractivity contribution >= 4 is 27.3 Å². The summed E-state index contributed by atoms with van der Waals surface area (Å²) in [7, 11) is -1.68. The highest BCUT2D eigenvalue weighted by atomic mass is 32.2. The molecule has 0 saturated carbocycles. The van der Waals surface area contributed by atoms with E-state index in [1.54, 1.807) is 24.6 Å². The molecule has 0 fully saturated rings. The Morgan fingerprint density at radius 2 is 2.13 bits per heavy atom. The van der Waals surface area contributed by atoms with Gasteiger partial charge in [0.2, 0.25) is 10.0 Å². The van der Waals surface area contributed by atoms with Crippen LogP contribution in [-0.4, -0.2) is 40.6 Å². The summed E-state index contributed by atoms with van der Waals surface area (Å²) < 4.78 is 26.8. The first-order valence-corrected chi connectivity index (χ1v) is 10.4. The van der Waals surface area contributed by atoms with Gasteiger partial charge in [-0.05, 0) is 24.8 Å². The van der Waals surface area contributed by atoms with Gasteiger partial charge in [0, 0.05) is 26.2 Å². The van der Waals surface area contributed by atoms with Crippen molar-refractivity contribution in [2.45, 2.75) is 49.8 Å². The molecule has 132 valence electrons. The van der Waals surface area contributed by atoms with Crippen LogP contribution in [0.3, 0.4) is 0 Å². The van der Waals surface area contributed by atoms with Crippen LogP contribution in [-0.2, 0) is 10.0 Å². The zero-order chi connectivity index (χ0) is 17.1. The van der Waals surface area contributed by atoms with E-state index in [0.29, 0.717) is 29.3 Å². The minimum absolute atomic E-state index is 0.311. The fourth-order valence-corrected chi connectivity index (χ4v) is 4.12. The number of nitrogens with zero attached hydrogens (tertiary/aromatic N) is 1. The van der Waals surface area contributed by atoms with Gasteiger partial charge in [-0.1, -0.05) is 32.3 Å². The summed E-state index contributed by atoms with van der Waals surface area (Å²) in [4.78, 5) is 4.16. The van der Waals surface area contributed by atoms with Gasteiger partial charge in [-0.15, -0.1) is 11.3 Å². The van der Waals surface area contributed by atoms with Gasteiger partial charge in [0.15, 0.2) is 5.96 Å². The van der Waals surface area contributed by atoms with Crippen molar-refractivity contribution in [2.75, 3.05) is 20.1 Å². The Morgan fingerprint density at radius 1 is 1.35 bits per heavy atom. The maximum absolute atomic E-state index is 12.0. The summed E-state index contributed by atoms with van der Waals surface area (Å²) in [6.07, 6.45) is 4.74. The molecule has 0 aromatic carbocycles. The molecule has 23 heavy (non-hydrogen) atoms. The highest BCUT2D eigenvalue weighted by Crippen LogP contribution is 2.14. The third-order valence-corrected chi connectivity index (χ3v) is 6.18. The summed E-state index contributed by atoms with van der Waals surface area (Å²) in [6.45, 7) is 5.11. The first-order valence-electron chi connectivity index (χ1n) is 8.00. The Balaban J connectivity index is 2.27. The van der Waals surface area contributed by atoms with Crippen molar-refractivity contribution in [3.63, 3.8) is 0 Å². The quantitative estimate of drug-likeness (QED) is 0.339. The van der Waals surface area contributed by atoms with E-state index >= 15 is 0 Å². The lowest BCUT2D eigenvalue weighted by atomic mass is 10.1. The maximum atomic E-state index is 12.0. The normalized spacial score (nSPS) is 13.8. The van der Waals surface area contributed by atoms with Crippen LogP contribution < -0.4 is 15.4 Å². The van der Waals surface area contributed by atoms with Crippen LogP contribution in [0.1, 0.15) is 39.5 Å². The van der Waals surface area contributed by atoms with Crippen LogP contribution in [0.4, 0.5) is 0 Å². The molecule has 1 unspecified atom stereocenters. The number of rotatable bonds is 10. The van der Waals surface area contributed by atoms with E-state index in [-0.39, 0.29) is 0 Å². The third-order valence-electron chi connectivity index (χ3n) is 3.32. The van der Waals surface area contributed by atoms with Gasteiger partial charge in [-0.3, -0.25) is 4.99 Å². The smallest absolute Gasteiger partial charge is 0.250 e. The fourth-order valence-electron chi connectivity index (χ4n) is 2.05. The lowest BCUT2D eigenvalue weighted by molar-refractivity contribution is 0.546. The van der Waals surface area contributed by atoms with Gasteiger partial charge in [0.05, 0.1) is 0 Å². The van der Waals surface area contributed by atoms with Gasteiger partial charge in [-0.2, -0.15) is 0 Å². The van der Waals surface area contributed by atoms with E-state index in [9.17, 15) is 8.42 Å². The van der Waals surface area contributed by atoms with Crippen molar-refractivity contribution in [3.8, 4) is 0 Å². The first-order chi connectivity index (χ1) is 11.0. The Hall–Kier alpha value is -1.12. The van der Waals surface area contributed by atoms with E-state index in [2.05, 4.69) is 34.2 Å². The summed E-state index contributed by atoms with van der Waals surface area (Å²) in [5, 5.41) is 8.19. The van der Waals surface area contributed by atoms with Crippen LogP contribution in [0.5, 0.6) is 0 Å². The summed E-state index contributed by atoms with van der Waals surface area (Å²) >= 11 is 1.21. The molecule has 0 bridgehead atoms. The van der Waals surface area contributed by atoms with E-state index < -0.39 is 10.0 Å². The Morgan fingerprint density at radius 3 is 2.74 bits per heavy atom. The second kappa shape index (κ2) is 10.6. The number of nitrogens with one attached hydrogen (secondary N) is 3. The maximum Gasteiger partial charge on any atom is 0.250 e. The number of thiophene rings is 1. The average Bonchev–Trinajstić information content (AvgIpc) is 3.06. The van der Waals surface area contributed by atoms with Gasteiger partial charge in [0.1, 0.15) is 4.21 Å². The molecule has 0 aliphatic rings. The highest BCUT2D eigenvalue weighted by Gasteiger charge is 2.13. The second-order valence-electron chi connectivity index (χ2n) is 5.37. The molecule has 0 saturated heterocycles. The standard InChI is InChI=1S/C15H28N4O2S2/c1-4-5-6-8-13(2)19-15(16-3)17-10-11-18-23(20,21)14-9-7-12-22-14/h7,9,12-13,18H,4-6,8,10-11H2,1-3H3,(H2,16,17,19). The molecular weight excluding hydrogens is 332 g/mol. The van der Waals surface area contributed by atoms with Crippen LogP contribution in [0, 0.1) is 0 Å². The molecule has 1 heterocycles. The first kappa shape index (κ1) is 19.9. The Bertz CT molecular complexity index is 556. The van der Waals surface area contributed by atoms with E-state index in [1.807, 2.05) is 0 Å². The number of guanidine groups is 1. The molecule has 1 aromatic heterocycles. The monoisotopic (exact) mass is 360 g/mol. The average molecular weight is 361 g/mol. The number of aliphatic imine (C=N–C) groups is 1. The third kappa shape index (κ3) is 7.81. The Labute approximate surface area is 143 Å². The molecule has 8 heteroatoms. The number of hydrogen-bond donors (Lipinski definition) is 3. The lowest BCUT2D eigenvalue weighted by Crippen LogP contribution is -2.44. The second-order valence-corrected chi connectivity index (χ2v) is 8.31. The van der Waals surface area contributed by atoms with Crippen molar-refractivity contribution in [3.05, 3.63) is 17.5 Å². The molecule has 0 radical (unpaired) electrons. The SMILES string of the molecule is CCCCCC(C)NC(=NC)NCCNS(=O)(=O)c1cccs1. The molecule has 1 atom stereocenters. The van der Waals surface area contributed by atoms with E-state index in [4.69, 9.17) is 0 Å². The van der Waals surface area contributed by atoms with Crippen LogP contribution >= 0.6 is 11.3 Å². The van der Waals surface area contributed by atoms with Crippen molar-refractivity contribution < 1.29 is 8.42 Å². The minimum Gasteiger partial charge on any atom is -0.355 e. The number of hydrogen-bond acceptors (Lipinski definition) is 4. The molecular formula is C15H28N4O2S2.